The van der Waals surface area contributed by atoms with Gasteiger partial charge in [-0.3, -0.25) is 0 Å². The first-order valence-corrected chi connectivity index (χ1v) is 9.41. The van der Waals surface area contributed by atoms with Crippen LogP contribution >= 0.6 is 12.2 Å². The Bertz CT molecular complexity index is 783. The molecule has 3 rings (SSSR count). The van der Waals surface area contributed by atoms with Crippen molar-refractivity contribution in [2.75, 3.05) is 18.5 Å². The number of anilines is 1. The minimum atomic E-state index is -2.86. The number of ether oxygens (including phenoxy) is 2. The molecule has 1 atom stereocenters. The fourth-order valence-electron chi connectivity index (χ4n) is 3.03. The number of nitrogens with one attached hydrogen (secondary N) is 1. The number of para-hydroxylation sites is 1. The van der Waals surface area contributed by atoms with Gasteiger partial charge in [0.05, 0.1) is 6.10 Å². The lowest BCUT2D eigenvalue weighted by atomic mass is 10.1. The standard InChI is InChI=1S/C20H22F2N2O3S/c21-19(22)27-16-9-7-15(8-10-16)23-20(28)24(13-17-5-3-11-26-17)12-14-4-1-2-6-18(14)25/h1-2,4,6-10,17,19,25H,3,5,11-13H2,(H,23,28)/t17-/m1/s1. The average molecular weight is 408 g/mol. The Morgan fingerprint density at radius 3 is 2.64 bits per heavy atom. The molecule has 1 heterocycles. The van der Waals surface area contributed by atoms with E-state index in [-0.39, 0.29) is 17.6 Å². The molecule has 1 fully saturated rings. The fraction of sp³-hybridized carbons (Fsp3) is 0.350. The second-order valence-electron chi connectivity index (χ2n) is 6.48. The number of nitrogens with zero attached hydrogens (tertiary/aromatic N) is 1. The molecule has 5 nitrogen and oxygen atoms in total. The maximum atomic E-state index is 12.3. The van der Waals surface area contributed by atoms with Crippen LogP contribution in [0, 0.1) is 0 Å². The van der Waals surface area contributed by atoms with Crippen LogP contribution < -0.4 is 10.1 Å². The summed E-state index contributed by atoms with van der Waals surface area (Å²) >= 11 is 5.56. The Kier molecular flexibility index (Phi) is 7.00. The van der Waals surface area contributed by atoms with Gasteiger partial charge in [0.15, 0.2) is 5.11 Å². The van der Waals surface area contributed by atoms with Crippen LogP contribution in [0.2, 0.25) is 0 Å². The highest BCUT2D eigenvalue weighted by molar-refractivity contribution is 7.80. The molecule has 28 heavy (non-hydrogen) atoms. The number of hydrogen-bond acceptors (Lipinski definition) is 4. The van der Waals surface area contributed by atoms with Crippen molar-refractivity contribution in [2.45, 2.75) is 32.1 Å². The SMILES string of the molecule is Oc1ccccc1CN(C[C@H]1CCCO1)C(=S)Nc1ccc(OC(F)F)cc1. The van der Waals surface area contributed by atoms with Crippen molar-refractivity contribution in [1.29, 1.82) is 0 Å². The predicted octanol–water partition coefficient (Wildman–Crippen LogP) is 4.37. The first-order chi connectivity index (χ1) is 13.5. The number of aromatic hydroxyl groups is 1. The molecular weight excluding hydrogens is 386 g/mol. The average Bonchev–Trinajstić information content (AvgIpc) is 3.17. The molecule has 0 saturated carbocycles. The predicted molar refractivity (Wildman–Crippen MR) is 107 cm³/mol. The second kappa shape index (κ2) is 9.66. The van der Waals surface area contributed by atoms with E-state index in [9.17, 15) is 13.9 Å². The molecule has 1 aliphatic rings. The van der Waals surface area contributed by atoms with E-state index >= 15 is 0 Å². The summed E-state index contributed by atoms with van der Waals surface area (Å²) in [5, 5.41) is 13.7. The summed E-state index contributed by atoms with van der Waals surface area (Å²) < 4.78 is 34.6. The van der Waals surface area contributed by atoms with Crippen LogP contribution in [0.1, 0.15) is 18.4 Å². The minimum Gasteiger partial charge on any atom is -0.508 e. The first kappa shape index (κ1) is 20.3. The molecule has 150 valence electrons. The Balaban J connectivity index is 1.69. The van der Waals surface area contributed by atoms with Crippen LogP contribution in [0.5, 0.6) is 11.5 Å². The second-order valence-corrected chi connectivity index (χ2v) is 6.86. The summed E-state index contributed by atoms with van der Waals surface area (Å²) in [4.78, 5) is 1.93. The van der Waals surface area contributed by atoms with Gasteiger partial charge < -0.3 is 24.8 Å². The van der Waals surface area contributed by atoms with Gasteiger partial charge in [-0.1, -0.05) is 18.2 Å². The molecule has 0 amide bonds. The van der Waals surface area contributed by atoms with Gasteiger partial charge in [0.25, 0.3) is 0 Å². The number of hydrogen-bond donors (Lipinski definition) is 2. The number of thiocarbonyl (C=S) groups is 1. The van der Waals surface area contributed by atoms with Crippen molar-refractivity contribution >= 4 is 23.0 Å². The van der Waals surface area contributed by atoms with Gasteiger partial charge in [0, 0.05) is 30.9 Å². The third-order valence-corrected chi connectivity index (χ3v) is 4.78. The number of phenolic OH excluding ortho intramolecular Hbond substituents is 1. The normalized spacial score (nSPS) is 16.2. The molecule has 2 N–H and O–H groups in total. The van der Waals surface area contributed by atoms with Gasteiger partial charge in [-0.2, -0.15) is 8.78 Å². The van der Waals surface area contributed by atoms with Gasteiger partial charge >= 0.3 is 6.61 Å². The first-order valence-electron chi connectivity index (χ1n) is 9.00. The number of halogens is 2. The summed E-state index contributed by atoms with van der Waals surface area (Å²) in [7, 11) is 0. The maximum absolute atomic E-state index is 12.3. The summed E-state index contributed by atoms with van der Waals surface area (Å²) in [6, 6.07) is 13.2. The quantitative estimate of drug-likeness (QED) is 0.664. The molecule has 8 heteroatoms. The van der Waals surface area contributed by atoms with Crippen LogP contribution in [0.4, 0.5) is 14.5 Å². The van der Waals surface area contributed by atoms with Gasteiger partial charge in [-0.25, -0.2) is 0 Å². The highest BCUT2D eigenvalue weighted by Gasteiger charge is 2.22. The minimum absolute atomic E-state index is 0.0763. The van der Waals surface area contributed by atoms with Crippen LogP contribution in [0.15, 0.2) is 48.5 Å². The lowest BCUT2D eigenvalue weighted by molar-refractivity contribution is -0.0498. The van der Waals surface area contributed by atoms with Crippen LogP contribution in [0.25, 0.3) is 0 Å². The van der Waals surface area contributed by atoms with E-state index in [2.05, 4.69) is 10.1 Å². The van der Waals surface area contributed by atoms with Crippen LogP contribution in [-0.2, 0) is 11.3 Å². The number of phenols is 1. The smallest absolute Gasteiger partial charge is 0.387 e. The van der Waals surface area contributed by atoms with E-state index in [1.54, 1.807) is 24.3 Å². The van der Waals surface area contributed by atoms with Crippen molar-refractivity contribution < 1.29 is 23.4 Å². The van der Waals surface area contributed by atoms with Crippen LogP contribution in [0.3, 0.4) is 0 Å². The van der Waals surface area contributed by atoms with Crippen molar-refractivity contribution in [2.24, 2.45) is 0 Å². The Morgan fingerprint density at radius 1 is 1.25 bits per heavy atom. The van der Waals surface area contributed by atoms with E-state index in [0.29, 0.717) is 23.9 Å². The van der Waals surface area contributed by atoms with Gasteiger partial charge in [0.2, 0.25) is 0 Å². The molecule has 0 aromatic heterocycles. The molecule has 0 aliphatic carbocycles. The van der Waals surface area contributed by atoms with Crippen molar-refractivity contribution in [3.63, 3.8) is 0 Å². The zero-order valence-corrected chi connectivity index (χ0v) is 16.0. The Labute approximate surface area is 167 Å². The molecular formula is C20H22F2N2O3S. The maximum Gasteiger partial charge on any atom is 0.387 e. The van der Waals surface area contributed by atoms with Gasteiger partial charge in [0.1, 0.15) is 11.5 Å². The van der Waals surface area contributed by atoms with Crippen molar-refractivity contribution in [3.05, 3.63) is 54.1 Å². The molecule has 1 aliphatic heterocycles. The summed E-state index contributed by atoms with van der Waals surface area (Å²) in [6.45, 7) is -1.11. The molecule has 0 radical (unpaired) electrons. The van der Waals surface area contributed by atoms with E-state index in [1.807, 2.05) is 17.0 Å². The van der Waals surface area contributed by atoms with Gasteiger partial charge in [-0.15, -0.1) is 0 Å². The van der Waals surface area contributed by atoms with Gasteiger partial charge in [-0.05, 0) is 55.4 Å². The summed E-state index contributed by atoms with van der Waals surface area (Å²) in [5.74, 6) is 0.285. The summed E-state index contributed by atoms with van der Waals surface area (Å²) in [5.41, 5.74) is 1.41. The van der Waals surface area contributed by atoms with Crippen molar-refractivity contribution in [1.82, 2.24) is 4.90 Å². The highest BCUT2D eigenvalue weighted by atomic mass is 32.1. The van der Waals surface area contributed by atoms with Crippen LogP contribution in [-0.4, -0.2) is 41.0 Å². The third-order valence-electron chi connectivity index (χ3n) is 4.42. The van der Waals surface area contributed by atoms with E-state index in [1.165, 1.54) is 12.1 Å². The molecule has 0 spiro atoms. The molecule has 2 aromatic rings. The van der Waals surface area contributed by atoms with E-state index < -0.39 is 6.61 Å². The van der Waals surface area contributed by atoms with E-state index in [4.69, 9.17) is 17.0 Å². The monoisotopic (exact) mass is 408 g/mol. The molecule has 1 saturated heterocycles. The number of alkyl halides is 2. The molecule has 0 unspecified atom stereocenters. The zero-order chi connectivity index (χ0) is 19.9. The Hall–Kier alpha value is -2.45. The lowest BCUT2D eigenvalue weighted by Gasteiger charge is -2.28. The molecule has 2 aromatic carbocycles. The summed E-state index contributed by atoms with van der Waals surface area (Å²) in [6.07, 6.45) is 2.05. The topological polar surface area (TPSA) is 54.0 Å². The molecule has 0 bridgehead atoms. The highest BCUT2D eigenvalue weighted by Crippen LogP contribution is 2.22. The largest absolute Gasteiger partial charge is 0.508 e. The number of rotatable bonds is 7. The fourth-order valence-corrected chi connectivity index (χ4v) is 3.28. The number of benzene rings is 2. The Morgan fingerprint density at radius 2 is 2.00 bits per heavy atom. The lowest BCUT2D eigenvalue weighted by Crippen LogP contribution is -2.39. The van der Waals surface area contributed by atoms with Crippen molar-refractivity contribution in [3.8, 4) is 11.5 Å². The zero-order valence-electron chi connectivity index (χ0n) is 15.2. The third kappa shape index (κ3) is 5.77. The van der Waals surface area contributed by atoms with E-state index in [0.717, 1.165) is 25.0 Å².